The van der Waals surface area contributed by atoms with Crippen LogP contribution in [0.1, 0.15) is 102 Å². The van der Waals surface area contributed by atoms with Crippen molar-refractivity contribution in [3.05, 3.63) is 35.9 Å². The Bertz CT molecular complexity index is 503. The summed E-state index contributed by atoms with van der Waals surface area (Å²) in [5.74, 6) is -0.964. The molecule has 1 aromatic rings. The van der Waals surface area contributed by atoms with Crippen LogP contribution in [0, 0.1) is 0 Å². The number of hydrogen-bond donors (Lipinski definition) is 2. The number of ether oxygens (including phenoxy) is 1. The molecule has 1 rings (SSSR count). The monoisotopic (exact) mass is 406 g/mol. The van der Waals surface area contributed by atoms with E-state index in [0.717, 1.165) is 18.4 Å². The molecule has 0 aliphatic carbocycles. The lowest BCUT2D eigenvalue weighted by molar-refractivity contribution is -0.139. The van der Waals surface area contributed by atoms with Crippen molar-refractivity contribution in [1.29, 1.82) is 0 Å². The molecule has 0 radical (unpaired) electrons. The minimum Gasteiger partial charge on any atom is -0.481 e. The maximum Gasteiger partial charge on any atom is 0.305 e. The molecule has 4 heteroatoms. The van der Waals surface area contributed by atoms with Crippen LogP contribution >= 0.6 is 0 Å². The summed E-state index contributed by atoms with van der Waals surface area (Å²) >= 11 is 0. The van der Waals surface area contributed by atoms with Crippen LogP contribution in [0.25, 0.3) is 0 Å². The second-order valence-electron chi connectivity index (χ2n) is 8.23. The van der Waals surface area contributed by atoms with Gasteiger partial charge in [0.05, 0.1) is 25.2 Å². The number of rotatable bonds is 19. The fourth-order valence-corrected chi connectivity index (χ4v) is 3.68. The summed E-state index contributed by atoms with van der Waals surface area (Å²) in [6.07, 6.45) is 14.4. The van der Waals surface area contributed by atoms with Crippen molar-refractivity contribution in [1.82, 2.24) is 0 Å². The first kappa shape index (κ1) is 25.6. The molecule has 1 aromatic carbocycles. The van der Waals surface area contributed by atoms with Crippen LogP contribution in [0.3, 0.4) is 0 Å². The standard InChI is InChI=1S/C25H42O4/c1-2-3-4-5-6-7-8-9-10-11-15-18-24(19-23(26)20-25(27)28)29-21-22-16-13-12-14-17-22/h12-14,16-17,23-24,26H,2-11,15,18-21H2,1H3,(H,27,28). The minimum atomic E-state index is -0.964. The lowest BCUT2D eigenvalue weighted by Crippen LogP contribution is -2.23. The zero-order valence-corrected chi connectivity index (χ0v) is 18.4. The van der Waals surface area contributed by atoms with Crippen LogP contribution in [0.4, 0.5) is 0 Å². The van der Waals surface area contributed by atoms with Crippen LogP contribution in [0.2, 0.25) is 0 Å². The van der Waals surface area contributed by atoms with Crippen molar-refractivity contribution in [2.45, 2.75) is 116 Å². The molecule has 29 heavy (non-hydrogen) atoms. The van der Waals surface area contributed by atoms with Gasteiger partial charge < -0.3 is 14.9 Å². The molecule has 166 valence electrons. The van der Waals surface area contributed by atoms with Crippen LogP contribution in [0.5, 0.6) is 0 Å². The summed E-state index contributed by atoms with van der Waals surface area (Å²) in [6, 6.07) is 9.98. The van der Waals surface area contributed by atoms with Crippen molar-refractivity contribution in [3.8, 4) is 0 Å². The highest BCUT2D eigenvalue weighted by atomic mass is 16.5. The molecule has 0 saturated carbocycles. The molecule has 0 amide bonds. The van der Waals surface area contributed by atoms with E-state index in [1.54, 1.807) is 0 Å². The summed E-state index contributed by atoms with van der Waals surface area (Å²) in [5.41, 5.74) is 1.10. The Morgan fingerprint density at radius 1 is 0.897 bits per heavy atom. The molecule has 0 aromatic heterocycles. The van der Waals surface area contributed by atoms with Crippen LogP contribution in [-0.4, -0.2) is 28.4 Å². The molecule has 0 aliphatic heterocycles. The molecule has 0 heterocycles. The number of carboxylic acid groups (broad SMARTS) is 1. The molecule has 0 aliphatic rings. The smallest absolute Gasteiger partial charge is 0.305 e. The Hall–Kier alpha value is -1.39. The van der Waals surface area contributed by atoms with Gasteiger partial charge in [-0.15, -0.1) is 0 Å². The van der Waals surface area contributed by atoms with Gasteiger partial charge in [0.1, 0.15) is 0 Å². The van der Waals surface area contributed by atoms with E-state index in [-0.39, 0.29) is 12.5 Å². The summed E-state index contributed by atoms with van der Waals surface area (Å²) < 4.78 is 6.02. The van der Waals surface area contributed by atoms with Gasteiger partial charge in [0.25, 0.3) is 0 Å². The number of benzene rings is 1. The number of aliphatic carboxylic acids is 1. The first-order valence-electron chi connectivity index (χ1n) is 11.7. The highest BCUT2D eigenvalue weighted by molar-refractivity contribution is 5.67. The molecule has 2 atom stereocenters. The van der Waals surface area contributed by atoms with Crippen LogP contribution < -0.4 is 0 Å². The second kappa shape index (κ2) is 17.5. The molecule has 0 spiro atoms. The third kappa shape index (κ3) is 15.2. The summed E-state index contributed by atoms with van der Waals surface area (Å²) in [5, 5.41) is 18.9. The topological polar surface area (TPSA) is 66.8 Å². The molecular formula is C25H42O4. The Morgan fingerprint density at radius 2 is 1.45 bits per heavy atom. The van der Waals surface area contributed by atoms with Gasteiger partial charge in [-0.2, -0.15) is 0 Å². The Labute approximate surface area is 177 Å². The lowest BCUT2D eigenvalue weighted by atomic mass is 10.0. The van der Waals surface area contributed by atoms with Crippen molar-refractivity contribution < 1.29 is 19.7 Å². The van der Waals surface area contributed by atoms with Gasteiger partial charge >= 0.3 is 5.97 Å². The van der Waals surface area contributed by atoms with E-state index in [4.69, 9.17) is 9.84 Å². The fourth-order valence-electron chi connectivity index (χ4n) is 3.68. The van der Waals surface area contributed by atoms with E-state index in [2.05, 4.69) is 6.92 Å². The zero-order valence-electron chi connectivity index (χ0n) is 18.4. The SMILES string of the molecule is CCCCCCCCCCCCCC(CC(O)CC(=O)O)OCc1ccccc1. The average molecular weight is 407 g/mol. The predicted octanol–water partition coefficient (Wildman–Crippen LogP) is 6.50. The maximum atomic E-state index is 10.8. The number of hydrogen-bond acceptors (Lipinski definition) is 3. The number of carbonyl (C=O) groups is 1. The predicted molar refractivity (Wildman–Crippen MR) is 119 cm³/mol. The quantitative estimate of drug-likeness (QED) is 0.257. The van der Waals surface area contributed by atoms with Crippen molar-refractivity contribution in [2.24, 2.45) is 0 Å². The Kier molecular flexibility index (Phi) is 15.4. The fraction of sp³-hybridized carbons (Fsp3) is 0.720. The molecular weight excluding hydrogens is 364 g/mol. The summed E-state index contributed by atoms with van der Waals surface area (Å²) in [6.45, 7) is 2.76. The van der Waals surface area contributed by atoms with Gasteiger partial charge in [0.15, 0.2) is 0 Å². The summed E-state index contributed by atoms with van der Waals surface area (Å²) in [4.78, 5) is 10.8. The zero-order chi connectivity index (χ0) is 21.2. The van der Waals surface area contributed by atoms with Gasteiger partial charge in [0.2, 0.25) is 0 Å². The normalized spacial score (nSPS) is 13.3. The van der Waals surface area contributed by atoms with Gasteiger partial charge in [-0.1, -0.05) is 108 Å². The highest BCUT2D eigenvalue weighted by Gasteiger charge is 2.17. The van der Waals surface area contributed by atoms with E-state index in [1.807, 2.05) is 30.3 Å². The van der Waals surface area contributed by atoms with Crippen molar-refractivity contribution >= 4 is 5.97 Å². The van der Waals surface area contributed by atoms with E-state index in [1.165, 1.54) is 64.2 Å². The Morgan fingerprint density at radius 3 is 2.00 bits per heavy atom. The number of carboxylic acids is 1. The van der Waals surface area contributed by atoms with E-state index < -0.39 is 12.1 Å². The molecule has 2 N–H and O–H groups in total. The van der Waals surface area contributed by atoms with Gasteiger partial charge in [-0.25, -0.2) is 0 Å². The van der Waals surface area contributed by atoms with E-state index in [9.17, 15) is 9.90 Å². The number of unbranched alkanes of at least 4 members (excludes halogenated alkanes) is 10. The maximum absolute atomic E-state index is 10.8. The van der Waals surface area contributed by atoms with Crippen LogP contribution in [-0.2, 0) is 16.1 Å². The second-order valence-corrected chi connectivity index (χ2v) is 8.23. The first-order valence-corrected chi connectivity index (χ1v) is 11.7. The Balaban J connectivity index is 2.20. The largest absolute Gasteiger partial charge is 0.481 e. The molecule has 0 bridgehead atoms. The number of aliphatic hydroxyl groups excluding tert-OH is 1. The third-order valence-electron chi connectivity index (χ3n) is 5.40. The van der Waals surface area contributed by atoms with E-state index >= 15 is 0 Å². The summed E-state index contributed by atoms with van der Waals surface area (Å²) in [7, 11) is 0. The first-order chi connectivity index (χ1) is 14.1. The minimum absolute atomic E-state index is 0.0943. The average Bonchev–Trinajstić information content (AvgIpc) is 2.70. The van der Waals surface area contributed by atoms with Gasteiger partial charge in [-0.05, 0) is 12.0 Å². The van der Waals surface area contributed by atoms with Gasteiger partial charge in [-0.3, -0.25) is 4.79 Å². The van der Waals surface area contributed by atoms with E-state index in [0.29, 0.717) is 13.0 Å². The van der Waals surface area contributed by atoms with Crippen LogP contribution in [0.15, 0.2) is 30.3 Å². The third-order valence-corrected chi connectivity index (χ3v) is 5.40. The molecule has 0 fully saturated rings. The van der Waals surface area contributed by atoms with Crippen molar-refractivity contribution in [2.75, 3.05) is 0 Å². The highest BCUT2D eigenvalue weighted by Crippen LogP contribution is 2.18. The molecule has 2 unspecified atom stereocenters. The molecule has 4 nitrogen and oxygen atoms in total. The lowest BCUT2D eigenvalue weighted by Gasteiger charge is -2.20. The molecule has 0 saturated heterocycles. The van der Waals surface area contributed by atoms with Gasteiger partial charge in [0, 0.05) is 6.42 Å². The number of aliphatic hydroxyl groups is 1. The van der Waals surface area contributed by atoms with Crippen molar-refractivity contribution in [3.63, 3.8) is 0 Å².